The highest BCUT2D eigenvalue weighted by Crippen LogP contribution is 2.34. The van der Waals surface area contributed by atoms with Crippen molar-refractivity contribution < 1.29 is 9.53 Å². The molecule has 1 aromatic carbocycles. The summed E-state index contributed by atoms with van der Waals surface area (Å²) in [7, 11) is 1.74. The van der Waals surface area contributed by atoms with Crippen LogP contribution in [0.15, 0.2) is 41.0 Å². The zero-order valence-electron chi connectivity index (χ0n) is 10.8. The first-order valence-electron chi connectivity index (χ1n) is 6.05. The number of aromatic nitrogens is 1. The lowest BCUT2D eigenvalue weighted by Gasteiger charge is -2.26. The molecule has 3 rings (SSSR count). The maximum Gasteiger partial charge on any atom is 0.264 e. The molecule has 2 aromatic rings. The van der Waals surface area contributed by atoms with Crippen molar-refractivity contribution in [3.05, 3.63) is 41.0 Å². The molecule has 1 N–H and O–H groups in total. The predicted molar refractivity (Wildman–Crippen MR) is 80.6 cm³/mol. The Balaban J connectivity index is 1.88. The minimum Gasteiger partial charge on any atom is -0.482 e. The van der Waals surface area contributed by atoms with E-state index in [0.717, 1.165) is 21.7 Å². The van der Waals surface area contributed by atoms with Gasteiger partial charge in [0, 0.05) is 23.4 Å². The van der Waals surface area contributed by atoms with Gasteiger partial charge in [0.15, 0.2) is 6.61 Å². The second kappa shape index (κ2) is 5.13. The Morgan fingerprint density at radius 3 is 2.95 bits per heavy atom. The molecule has 1 aromatic heterocycles. The van der Waals surface area contributed by atoms with Crippen LogP contribution >= 0.6 is 15.9 Å². The van der Waals surface area contributed by atoms with Crippen molar-refractivity contribution >= 4 is 39.0 Å². The van der Waals surface area contributed by atoms with Crippen molar-refractivity contribution in [3.63, 3.8) is 0 Å². The van der Waals surface area contributed by atoms with E-state index >= 15 is 0 Å². The Kier molecular flexibility index (Phi) is 3.31. The van der Waals surface area contributed by atoms with Crippen LogP contribution in [-0.4, -0.2) is 24.5 Å². The smallest absolute Gasteiger partial charge is 0.264 e. The molecule has 1 amide bonds. The van der Waals surface area contributed by atoms with E-state index in [1.165, 1.54) is 0 Å². The summed E-state index contributed by atoms with van der Waals surface area (Å²) >= 11 is 3.34. The first-order valence-corrected chi connectivity index (χ1v) is 6.85. The lowest BCUT2D eigenvalue weighted by molar-refractivity contribution is -0.120. The van der Waals surface area contributed by atoms with Gasteiger partial charge < -0.3 is 15.0 Å². The van der Waals surface area contributed by atoms with Crippen molar-refractivity contribution in [1.82, 2.24) is 4.98 Å². The normalized spacial score (nSPS) is 13.7. The highest BCUT2D eigenvalue weighted by Gasteiger charge is 2.22. The Bertz CT molecular complexity index is 658. The predicted octanol–water partition coefficient (Wildman–Crippen LogP) is 2.94. The number of hydrogen-bond donors (Lipinski definition) is 1. The summed E-state index contributed by atoms with van der Waals surface area (Å²) in [5.74, 6) is 1.39. The highest BCUT2D eigenvalue weighted by molar-refractivity contribution is 9.10. The number of likely N-dealkylation sites (N-methyl/N-ethyl adjacent to an activating group) is 1. The fraction of sp³-hybridized carbons (Fsp3) is 0.143. The summed E-state index contributed by atoms with van der Waals surface area (Å²) in [6, 6.07) is 9.39. The Morgan fingerprint density at radius 1 is 1.35 bits per heavy atom. The molecule has 0 atom stereocenters. The van der Waals surface area contributed by atoms with Crippen LogP contribution in [0.2, 0.25) is 0 Å². The summed E-state index contributed by atoms with van der Waals surface area (Å²) in [5.41, 5.74) is 1.60. The summed E-state index contributed by atoms with van der Waals surface area (Å²) < 4.78 is 6.31. The van der Waals surface area contributed by atoms with Crippen molar-refractivity contribution in [2.24, 2.45) is 0 Å². The van der Waals surface area contributed by atoms with Gasteiger partial charge in [0.2, 0.25) is 0 Å². The van der Waals surface area contributed by atoms with Gasteiger partial charge in [-0.25, -0.2) is 4.98 Å². The average molecular weight is 334 g/mol. The molecule has 0 radical (unpaired) electrons. The van der Waals surface area contributed by atoms with Crippen molar-refractivity contribution in [3.8, 4) is 5.75 Å². The second-order valence-corrected chi connectivity index (χ2v) is 5.33. The fourth-order valence-corrected chi connectivity index (χ4v) is 2.18. The number of anilines is 3. The summed E-state index contributed by atoms with van der Waals surface area (Å²) in [6.07, 6.45) is 1.72. The van der Waals surface area contributed by atoms with Crippen LogP contribution in [0.4, 0.5) is 17.2 Å². The third kappa shape index (κ3) is 2.46. The molecule has 0 aliphatic carbocycles. The second-order valence-electron chi connectivity index (χ2n) is 4.41. The third-order valence-corrected chi connectivity index (χ3v) is 3.51. The molecule has 0 saturated heterocycles. The number of carbonyl (C=O) groups is 1. The van der Waals surface area contributed by atoms with Gasteiger partial charge in [-0.2, -0.15) is 0 Å². The van der Waals surface area contributed by atoms with Gasteiger partial charge in [0.1, 0.15) is 11.6 Å². The number of nitrogens with one attached hydrogen (secondary N) is 1. The molecule has 2 heterocycles. The molecule has 0 unspecified atom stereocenters. The summed E-state index contributed by atoms with van der Waals surface area (Å²) in [5, 5.41) is 3.19. The lowest BCUT2D eigenvalue weighted by Crippen LogP contribution is -2.35. The van der Waals surface area contributed by atoms with Gasteiger partial charge in [-0.15, -0.1) is 0 Å². The van der Waals surface area contributed by atoms with Crippen LogP contribution in [0.5, 0.6) is 5.75 Å². The molecule has 0 spiro atoms. The Hall–Kier alpha value is -2.08. The largest absolute Gasteiger partial charge is 0.482 e. The molecule has 1 aliphatic rings. The molecule has 0 saturated carbocycles. The molecule has 1 aliphatic heterocycles. The maximum atomic E-state index is 11.6. The molecule has 0 fully saturated rings. The molecule has 5 nitrogen and oxygen atoms in total. The maximum absolute atomic E-state index is 11.6. The number of benzene rings is 1. The highest BCUT2D eigenvalue weighted by atomic mass is 79.9. The van der Waals surface area contributed by atoms with E-state index in [-0.39, 0.29) is 12.5 Å². The Labute approximate surface area is 124 Å². The lowest BCUT2D eigenvalue weighted by atomic mass is 10.2. The summed E-state index contributed by atoms with van der Waals surface area (Å²) in [4.78, 5) is 17.5. The topological polar surface area (TPSA) is 54.5 Å². The third-order valence-electron chi connectivity index (χ3n) is 3.05. The number of nitrogens with zero attached hydrogens (tertiary/aromatic N) is 2. The molecule has 0 bridgehead atoms. The number of carbonyl (C=O) groups excluding carboxylic acids is 1. The minimum absolute atomic E-state index is 0.0589. The van der Waals surface area contributed by atoms with Crippen LogP contribution in [-0.2, 0) is 4.79 Å². The fourth-order valence-electron chi connectivity index (χ4n) is 1.95. The monoisotopic (exact) mass is 333 g/mol. The van der Waals surface area contributed by atoms with E-state index in [1.807, 2.05) is 30.3 Å². The van der Waals surface area contributed by atoms with Gasteiger partial charge >= 0.3 is 0 Å². The number of amides is 1. The van der Waals surface area contributed by atoms with E-state index in [1.54, 1.807) is 18.1 Å². The minimum atomic E-state index is -0.0589. The van der Waals surface area contributed by atoms with Gasteiger partial charge in [-0.3, -0.25) is 4.79 Å². The van der Waals surface area contributed by atoms with Crippen molar-refractivity contribution in [2.75, 3.05) is 23.9 Å². The van der Waals surface area contributed by atoms with E-state index < -0.39 is 0 Å². The van der Waals surface area contributed by atoms with Crippen LogP contribution in [0.3, 0.4) is 0 Å². The van der Waals surface area contributed by atoms with Gasteiger partial charge in [0.05, 0.1) is 5.69 Å². The van der Waals surface area contributed by atoms with E-state index in [4.69, 9.17) is 4.74 Å². The van der Waals surface area contributed by atoms with Gasteiger partial charge in [-0.05, 0) is 46.3 Å². The zero-order valence-corrected chi connectivity index (χ0v) is 12.3. The molecule has 6 heteroatoms. The number of fused-ring (bicyclic) bond motifs is 1. The number of pyridine rings is 1. The van der Waals surface area contributed by atoms with Crippen molar-refractivity contribution in [2.45, 2.75) is 0 Å². The van der Waals surface area contributed by atoms with Crippen LogP contribution in [0.1, 0.15) is 0 Å². The van der Waals surface area contributed by atoms with Crippen LogP contribution in [0.25, 0.3) is 0 Å². The molecular formula is C14H12BrN3O2. The molecule has 102 valence electrons. The Morgan fingerprint density at radius 2 is 2.20 bits per heavy atom. The van der Waals surface area contributed by atoms with Crippen molar-refractivity contribution in [1.29, 1.82) is 0 Å². The number of hydrogen-bond acceptors (Lipinski definition) is 4. The average Bonchev–Trinajstić information content (AvgIpc) is 2.46. The van der Waals surface area contributed by atoms with E-state index in [2.05, 4.69) is 26.2 Å². The standard InChI is InChI=1S/C14H12BrN3O2/c1-18-11-6-10(3-4-12(11)20-8-14(18)19)17-13-5-2-9(15)7-16-13/h2-7H,8H2,1H3,(H,16,17). The SMILES string of the molecule is CN1C(=O)COc2ccc(Nc3ccc(Br)cn3)cc21. The summed E-state index contributed by atoms with van der Waals surface area (Å²) in [6.45, 7) is 0.0878. The quantitative estimate of drug-likeness (QED) is 0.918. The van der Waals surface area contributed by atoms with E-state index in [0.29, 0.717) is 5.75 Å². The zero-order chi connectivity index (χ0) is 14.1. The molecular weight excluding hydrogens is 322 g/mol. The van der Waals surface area contributed by atoms with E-state index in [9.17, 15) is 4.79 Å². The first-order chi connectivity index (χ1) is 9.63. The number of ether oxygens (including phenoxy) is 1. The molecule has 20 heavy (non-hydrogen) atoms. The van der Waals surface area contributed by atoms with Gasteiger partial charge in [0.25, 0.3) is 5.91 Å². The first kappa shape index (κ1) is 12.9. The van der Waals surface area contributed by atoms with Crippen LogP contribution < -0.4 is 15.0 Å². The number of halogens is 1. The number of rotatable bonds is 2. The van der Waals surface area contributed by atoms with Crippen LogP contribution in [0, 0.1) is 0 Å². The van der Waals surface area contributed by atoms with Gasteiger partial charge in [-0.1, -0.05) is 0 Å².